The van der Waals surface area contributed by atoms with Gasteiger partial charge in [-0.2, -0.15) is 10.2 Å². The lowest BCUT2D eigenvalue weighted by molar-refractivity contribution is 0.0547. The summed E-state index contributed by atoms with van der Waals surface area (Å²) in [6, 6.07) is 16.7. The first-order chi connectivity index (χ1) is 31.0. The van der Waals surface area contributed by atoms with Crippen LogP contribution in [-0.4, -0.2) is 114 Å². The van der Waals surface area contributed by atoms with Gasteiger partial charge in [0, 0.05) is 54.6 Å². The van der Waals surface area contributed by atoms with Gasteiger partial charge in [0.25, 0.3) is 0 Å². The third-order valence-corrected chi connectivity index (χ3v) is 12.8. The quantitative estimate of drug-likeness (QED) is 0.124. The molecule has 0 amide bonds. The molecule has 17 heteroatoms. The number of ether oxygens (including phenoxy) is 1. The molecular formula is C48H60N14O3. The fraction of sp³-hybridized carbons (Fsp3) is 0.438. The van der Waals surface area contributed by atoms with E-state index in [9.17, 15) is 9.90 Å². The third-order valence-electron chi connectivity index (χ3n) is 12.8. The number of phenols is 1. The Hall–Kier alpha value is -6.59. The second-order valence-corrected chi connectivity index (χ2v) is 19.1. The van der Waals surface area contributed by atoms with Crippen LogP contribution in [0.15, 0.2) is 61.2 Å². The lowest BCUT2D eigenvalue weighted by atomic mass is 10.0. The number of nitrogens with one attached hydrogen (secondary N) is 1. The number of fused-ring (bicyclic) bond motifs is 4. The Morgan fingerprint density at radius 1 is 0.738 bits per heavy atom. The Morgan fingerprint density at radius 3 is 1.85 bits per heavy atom. The van der Waals surface area contributed by atoms with Gasteiger partial charge < -0.3 is 36.1 Å². The summed E-state index contributed by atoms with van der Waals surface area (Å²) in [5, 5.41) is 23.1. The fourth-order valence-corrected chi connectivity index (χ4v) is 9.42. The van der Waals surface area contributed by atoms with Crippen LogP contribution in [0, 0.1) is 6.92 Å². The molecule has 10 rings (SSSR count). The summed E-state index contributed by atoms with van der Waals surface area (Å²) in [5.74, 6) is 1.01. The standard InChI is InChI=1S/C27H35N7O2.C21H25N7O/c1-16(2)32-11-9-19(10-12-32)34-25-22(24(28)29-15-30-25)23(31-34)21-14-18-13-17(3)7-8-20(18)33(21)26(35)36-27(4,5)6;1-12(2)27-7-5-14(6-8-27)28-21-18(20(22)23-11-24-21)19(26-28)17-10-13-9-15(29)3-4-16(13)25-17/h7-8,13-16,19H,9-12H2,1-6H3,(H2,28,29,30);3-4,9-12,14,25,29H,5-8H2,1-2H3,(H2,22,23,24). The number of nitrogens with two attached hydrogens (primary N) is 2. The van der Waals surface area contributed by atoms with E-state index in [0.29, 0.717) is 46.1 Å². The number of aryl methyl sites for hydroxylation is 1. The Kier molecular flexibility index (Phi) is 11.5. The minimum atomic E-state index is -0.649. The van der Waals surface area contributed by atoms with E-state index in [1.54, 1.807) is 16.7 Å². The van der Waals surface area contributed by atoms with Crippen LogP contribution in [0.4, 0.5) is 16.4 Å². The Labute approximate surface area is 377 Å². The number of carbonyl (C=O) groups excluding carboxylic acids is 1. The van der Waals surface area contributed by atoms with Gasteiger partial charge in [-0.05, 0) is 124 Å². The molecule has 2 fully saturated rings. The van der Waals surface area contributed by atoms with Crippen molar-refractivity contribution in [3.8, 4) is 28.5 Å². The molecule has 0 saturated carbocycles. The molecule has 2 saturated heterocycles. The maximum atomic E-state index is 13.5. The minimum Gasteiger partial charge on any atom is -0.508 e. The predicted molar refractivity (Wildman–Crippen MR) is 256 cm³/mol. The van der Waals surface area contributed by atoms with Crippen LogP contribution in [0.25, 0.3) is 66.6 Å². The lowest BCUT2D eigenvalue weighted by Crippen LogP contribution is -2.39. The van der Waals surface area contributed by atoms with Crippen LogP contribution in [0.3, 0.4) is 0 Å². The van der Waals surface area contributed by atoms with Gasteiger partial charge in [-0.25, -0.2) is 38.7 Å². The van der Waals surface area contributed by atoms with Gasteiger partial charge in [0.05, 0.1) is 39.8 Å². The normalized spacial score (nSPS) is 16.1. The zero-order chi connectivity index (χ0) is 45.9. The van der Waals surface area contributed by atoms with E-state index >= 15 is 0 Å². The molecule has 0 radical (unpaired) electrons. The van der Waals surface area contributed by atoms with E-state index in [1.807, 2.05) is 67.4 Å². The Balaban J connectivity index is 0.000000168. The number of nitrogen functional groups attached to an aromatic ring is 2. The zero-order valence-corrected chi connectivity index (χ0v) is 38.6. The average molecular weight is 881 g/mol. The second-order valence-electron chi connectivity index (χ2n) is 19.1. The number of hydrogen-bond acceptors (Lipinski definition) is 13. The number of carbonyl (C=O) groups is 1. The first-order valence-electron chi connectivity index (χ1n) is 22.7. The molecule has 0 atom stereocenters. The van der Waals surface area contributed by atoms with Gasteiger partial charge in [0.15, 0.2) is 11.3 Å². The molecule has 8 aromatic rings. The van der Waals surface area contributed by atoms with Crippen LogP contribution < -0.4 is 11.5 Å². The number of nitrogens with zero attached hydrogens (tertiary/aromatic N) is 11. The number of piperidine rings is 2. The van der Waals surface area contributed by atoms with Gasteiger partial charge in [-0.1, -0.05) is 11.6 Å². The number of benzene rings is 2. The van der Waals surface area contributed by atoms with Crippen LogP contribution in [-0.2, 0) is 4.74 Å². The summed E-state index contributed by atoms with van der Waals surface area (Å²) < 4.78 is 11.4. The monoisotopic (exact) mass is 880 g/mol. The predicted octanol–water partition coefficient (Wildman–Crippen LogP) is 8.47. The minimum absolute atomic E-state index is 0.187. The summed E-state index contributed by atoms with van der Waals surface area (Å²) in [6.07, 6.45) is 6.51. The number of phenolic OH excluding ortho intramolecular Hbond substituents is 1. The van der Waals surface area contributed by atoms with Crippen molar-refractivity contribution in [1.29, 1.82) is 0 Å². The summed E-state index contributed by atoms with van der Waals surface area (Å²) in [7, 11) is 0. The van der Waals surface area contributed by atoms with Crippen molar-refractivity contribution >= 4 is 61.6 Å². The molecule has 6 N–H and O–H groups in total. The maximum Gasteiger partial charge on any atom is 0.419 e. The van der Waals surface area contributed by atoms with E-state index in [0.717, 1.165) is 102 Å². The van der Waals surface area contributed by atoms with Crippen molar-refractivity contribution in [3.63, 3.8) is 0 Å². The fourth-order valence-electron chi connectivity index (χ4n) is 9.42. The van der Waals surface area contributed by atoms with E-state index < -0.39 is 11.7 Å². The number of hydrogen-bond donors (Lipinski definition) is 4. The molecule has 0 bridgehead atoms. The SMILES string of the molecule is CC(C)N1CCC(n2nc(-c3cc4cc(O)ccc4[nH]3)c3c(N)ncnc32)CC1.Cc1ccc2c(c1)cc(-c1nn(C3CCN(C(C)C)CC3)c3ncnc(N)c13)n2C(=O)OC(C)(C)C. The summed E-state index contributed by atoms with van der Waals surface area (Å²) in [4.78, 5) is 39.4. The van der Waals surface area contributed by atoms with Crippen molar-refractivity contribution in [2.75, 3.05) is 37.6 Å². The van der Waals surface area contributed by atoms with Crippen molar-refractivity contribution in [1.82, 2.24) is 58.8 Å². The highest BCUT2D eigenvalue weighted by atomic mass is 16.6. The molecular weight excluding hydrogens is 821 g/mol. The van der Waals surface area contributed by atoms with Gasteiger partial charge >= 0.3 is 6.09 Å². The highest BCUT2D eigenvalue weighted by Crippen LogP contribution is 2.39. The summed E-state index contributed by atoms with van der Waals surface area (Å²) >= 11 is 0. The second kappa shape index (κ2) is 17.1. The molecule has 2 aliphatic rings. The molecule has 8 heterocycles. The number of H-pyrrole nitrogens is 1. The number of aromatic hydroxyl groups is 1. The van der Waals surface area contributed by atoms with E-state index in [2.05, 4.69) is 68.5 Å². The average Bonchev–Trinajstić information content (AvgIpc) is 4.05. The molecule has 0 aliphatic carbocycles. The molecule has 2 aliphatic heterocycles. The topological polar surface area (TPSA) is 213 Å². The van der Waals surface area contributed by atoms with Crippen molar-refractivity contribution in [2.45, 2.75) is 111 Å². The number of aromatic amines is 1. The van der Waals surface area contributed by atoms with Crippen molar-refractivity contribution in [3.05, 3.63) is 66.7 Å². The van der Waals surface area contributed by atoms with Crippen molar-refractivity contribution < 1.29 is 14.6 Å². The van der Waals surface area contributed by atoms with Crippen LogP contribution in [0.2, 0.25) is 0 Å². The first kappa shape index (κ1) is 43.7. The molecule has 17 nitrogen and oxygen atoms in total. The van der Waals surface area contributed by atoms with E-state index in [4.69, 9.17) is 26.4 Å². The third kappa shape index (κ3) is 8.45. The zero-order valence-electron chi connectivity index (χ0n) is 38.6. The lowest BCUT2D eigenvalue weighted by Gasteiger charge is -2.34. The smallest absolute Gasteiger partial charge is 0.419 e. The molecule has 6 aromatic heterocycles. The van der Waals surface area contributed by atoms with Gasteiger partial charge in [0.1, 0.15) is 47.0 Å². The number of anilines is 2. The van der Waals surface area contributed by atoms with Crippen LogP contribution in [0.5, 0.6) is 5.75 Å². The maximum absolute atomic E-state index is 13.5. The molecule has 0 spiro atoms. The van der Waals surface area contributed by atoms with Crippen LogP contribution >= 0.6 is 0 Å². The van der Waals surface area contributed by atoms with Gasteiger partial charge in [-0.15, -0.1) is 0 Å². The highest BCUT2D eigenvalue weighted by Gasteiger charge is 2.31. The summed E-state index contributed by atoms with van der Waals surface area (Å²) in [5.41, 5.74) is 19.1. The molecule has 340 valence electrons. The Morgan fingerprint density at radius 2 is 1.29 bits per heavy atom. The Bertz CT molecular complexity index is 3030. The van der Waals surface area contributed by atoms with E-state index in [1.165, 1.54) is 12.7 Å². The highest BCUT2D eigenvalue weighted by molar-refractivity contribution is 6.04. The number of aromatic nitrogens is 10. The number of rotatable bonds is 6. The van der Waals surface area contributed by atoms with Gasteiger partial charge in [0.2, 0.25) is 0 Å². The molecule has 65 heavy (non-hydrogen) atoms. The molecule has 2 aromatic carbocycles. The first-order valence-corrected chi connectivity index (χ1v) is 22.7. The largest absolute Gasteiger partial charge is 0.508 e. The van der Waals surface area contributed by atoms with E-state index in [-0.39, 0.29) is 17.8 Å². The number of likely N-dealkylation sites (tertiary alicyclic amines) is 2. The van der Waals surface area contributed by atoms with Crippen LogP contribution in [0.1, 0.15) is 91.8 Å². The van der Waals surface area contributed by atoms with Gasteiger partial charge in [-0.3, -0.25) is 0 Å². The van der Waals surface area contributed by atoms with Crippen molar-refractivity contribution in [2.24, 2.45) is 0 Å². The summed E-state index contributed by atoms with van der Waals surface area (Å²) in [6.45, 7) is 20.6. The molecule has 0 unspecified atom stereocenters.